The van der Waals surface area contributed by atoms with Crippen LogP contribution in [0.15, 0.2) is 0 Å². The van der Waals surface area contributed by atoms with Crippen molar-refractivity contribution in [1.82, 2.24) is 15.1 Å². The van der Waals surface area contributed by atoms with E-state index in [1.165, 1.54) is 0 Å². The van der Waals surface area contributed by atoms with Crippen LogP contribution in [0.1, 0.15) is 33.6 Å². The van der Waals surface area contributed by atoms with Crippen molar-refractivity contribution in [2.75, 3.05) is 53.0 Å². The van der Waals surface area contributed by atoms with Gasteiger partial charge >= 0.3 is 0 Å². The number of piperidine rings is 1. The molecule has 0 aromatic heterocycles. The molecule has 2 saturated heterocycles. The molecular formula is C15H31N3O2. The van der Waals surface area contributed by atoms with Crippen LogP contribution in [0.4, 0.5) is 0 Å². The van der Waals surface area contributed by atoms with E-state index in [1.54, 1.807) is 0 Å². The number of hydrogen-bond acceptors (Lipinski definition) is 4. The summed E-state index contributed by atoms with van der Waals surface area (Å²) in [6, 6.07) is 0. The molecule has 2 aliphatic rings. The monoisotopic (exact) mass is 285 g/mol. The molecule has 1 amide bonds. The van der Waals surface area contributed by atoms with Crippen molar-refractivity contribution in [3.8, 4) is 0 Å². The molecule has 2 aliphatic heterocycles. The van der Waals surface area contributed by atoms with Gasteiger partial charge in [-0.1, -0.05) is 13.8 Å². The first-order valence-corrected chi connectivity index (χ1v) is 7.87. The molecule has 2 fully saturated rings. The molecule has 20 heavy (non-hydrogen) atoms. The van der Waals surface area contributed by atoms with Gasteiger partial charge in [-0.3, -0.25) is 9.69 Å². The van der Waals surface area contributed by atoms with Crippen LogP contribution in [0, 0.1) is 0 Å². The molecule has 0 aromatic rings. The Morgan fingerprint density at radius 3 is 2.25 bits per heavy atom. The van der Waals surface area contributed by atoms with Gasteiger partial charge in [0.1, 0.15) is 0 Å². The van der Waals surface area contributed by atoms with Crippen molar-refractivity contribution < 1.29 is 9.53 Å². The summed E-state index contributed by atoms with van der Waals surface area (Å²) in [5.41, 5.74) is -0.0180. The maximum absolute atomic E-state index is 12.1. The maximum Gasteiger partial charge on any atom is 0.234 e. The molecule has 0 aromatic carbocycles. The van der Waals surface area contributed by atoms with Crippen molar-refractivity contribution in [3.63, 3.8) is 0 Å². The molecule has 0 spiro atoms. The number of rotatable bonds is 3. The lowest BCUT2D eigenvalue weighted by Crippen LogP contribution is -2.55. The van der Waals surface area contributed by atoms with E-state index in [2.05, 4.69) is 29.1 Å². The van der Waals surface area contributed by atoms with Gasteiger partial charge in [-0.05, 0) is 26.8 Å². The van der Waals surface area contributed by atoms with Gasteiger partial charge in [-0.2, -0.15) is 0 Å². The van der Waals surface area contributed by atoms with Crippen LogP contribution < -0.4 is 5.32 Å². The van der Waals surface area contributed by atoms with Crippen molar-refractivity contribution in [2.24, 2.45) is 0 Å². The van der Waals surface area contributed by atoms with E-state index < -0.39 is 0 Å². The smallest absolute Gasteiger partial charge is 0.234 e. The first-order valence-electron chi connectivity index (χ1n) is 7.87. The van der Waals surface area contributed by atoms with Crippen LogP contribution in [0.5, 0.6) is 0 Å². The lowest BCUT2D eigenvalue weighted by molar-refractivity contribution is -0.125. The van der Waals surface area contributed by atoms with Crippen LogP contribution in [-0.2, 0) is 9.53 Å². The minimum absolute atomic E-state index is 0.0180. The van der Waals surface area contributed by atoms with Crippen LogP contribution in [0.3, 0.4) is 0 Å². The molecule has 2 heterocycles. The number of ether oxygens (including phenoxy) is 1. The molecule has 5 nitrogen and oxygen atoms in total. The predicted molar refractivity (Wildman–Crippen MR) is 81.9 cm³/mol. The third kappa shape index (κ3) is 5.77. The summed E-state index contributed by atoms with van der Waals surface area (Å²) >= 11 is 0. The number of hydrogen-bond donors (Lipinski definition) is 1. The Morgan fingerprint density at radius 2 is 1.70 bits per heavy atom. The molecule has 0 unspecified atom stereocenters. The summed E-state index contributed by atoms with van der Waals surface area (Å²) in [5, 5.41) is 3.22. The van der Waals surface area contributed by atoms with E-state index in [4.69, 9.17) is 4.74 Å². The van der Waals surface area contributed by atoms with Crippen LogP contribution >= 0.6 is 0 Å². The molecule has 0 radical (unpaired) electrons. The molecule has 5 heteroatoms. The highest BCUT2D eigenvalue weighted by Crippen LogP contribution is 2.20. The number of nitrogens with zero attached hydrogens (tertiary/aromatic N) is 2. The number of nitrogens with one attached hydrogen (secondary N) is 1. The van der Waals surface area contributed by atoms with E-state index in [1.807, 2.05) is 13.8 Å². The Kier molecular flexibility index (Phi) is 7.48. The molecule has 0 atom stereocenters. The highest BCUT2D eigenvalue weighted by Gasteiger charge is 2.30. The zero-order valence-electron chi connectivity index (χ0n) is 13.6. The van der Waals surface area contributed by atoms with Crippen molar-refractivity contribution in [1.29, 1.82) is 0 Å². The van der Waals surface area contributed by atoms with Crippen LogP contribution in [-0.4, -0.2) is 74.2 Å². The minimum Gasteiger partial charge on any atom is -0.379 e. The first kappa shape index (κ1) is 17.4. The Labute approximate surface area is 123 Å². The van der Waals surface area contributed by atoms with Gasteiger partial charge in [0.25, 0.3) is 0 Å². The zero-order chi connectivity index (χ0) is 15.0. The topological polar surface area (TPSA) is 44.8 Å². The summed E-state index contributed by atoms with van der Waals surface area (Å²) in [4.78, 5) is 16.5. The van der Waals surface area contributed by atoms with Crippen molar-refractivity contribution >= 4 is 5.91 Å². The van der Waals surface area contributed by atoms with Gasteiger partial charge in [0.2, 0.25) is 5.91 Å². The van der Waals surface area contributed by atoms with Gasteiger partial charge in [0, 0.05) is 31.7 Å². The summed E-state index contributed by atoms with van der Waals surface area (Å²) in [6.45, 7) is 12.0. The fourth-order valence-electron chi connectivity index (χ4n) is 2.58. The number of likely N-dealkylation sites (tertiary alicyclic amines) is 1. The molecule has 0 saturated carbocycles. The second-order valence-electron chi connectivity index (χ2n) is 5.80. The lowest BCUT2D eigenvalue weighted by Gasteiger charge is -2.39. The number of carbonyl (C=O) groups excluding carboxylic acids is 1. The third-order valence-electron chi connectivity index (χ3n) is 4.00. The minimum atomic E-state index is -0.0180. The highest BCUT2D eigenvalue weighted by molar-refractivity contribution is 5.78. The second-order valence-corrected chi connectivity index (χ2v) is 5.80. The molecule has 0 bridgehead atoms. The van der Waals surface area contributed by atoms with Crippen LogP contribution in [0.25, 0.3) is 0 Å². The average molecular weight is 285 g/mol. The fourth-order valence-corrected chi connectivity index (χ4v) is 2.58. The predicted octanol–water partition coefficient (Wildman–Crippen LogP) is 0.945. The van der Waals surface area contributed by atoms with Crippen molar-refractivity contribution in [2.45, 2.75) is 39.2 Å². The van der Waals surface area contributed by atoms with E-state index in [0.717, 1.165) is 52.2 Å². The quantitative estimate of drug-likeness (QED) is 0.838. The number of amides is 1. The Morgan fingerprint density at radius 1 is 1.15 bits per heavy atom. The molecule has 1 N–H and O–H groups in total. The summed E-state index contributed by atoms with van der Waals surface area (Å²) in [5.74, 6) is 0.156. The molecule has 0 aliphatic carbocycles. The summed E-state index contributed by atoms with van der Waals surface area (Å²) in [7, 11) is 2.13. The van der Waals surface area contributed by atoms with Gasteiger partial charge in [-0.15, -0.1) is 0 Å². The van der Waals surface area contributed by atoms with Gasteiger partial charge in [0.05, 0.1) is 19.8 Å². The van der Waals surface area contributed by atoms with Crippen molar-refractivity contribution in [3.05, 3.63) is 0 Å². The first-order chi connectivity index (χ1) is 9.57. The molecular weight excluding hydrogens is 254 g/mol. The highest BCUT2D eigenvalue weighted by atomic mass is 16.5. The molecule has 118 valence electrons. The normalized spacial score (nSPS) is 23.6. The average Bonchev–Trinajstić information content (AvgIpc) is 2.45. The zero-order valence-corrected chi connectivity index (χ0v) is 13.6. The van der Waals surface area contributed by atoms with Gasteiger partial charge < -0.3 is 15.0 Å². The Balaban J connectivity index is 0.000000956. The van der Waals surface area contributed by atoms with E-state index >= 15 is 0 Å². The largest absolute Gasteiger partial charge is 0.379 e. The Bertz CT molecular complexity index is 283. The van der Waals surface area contributed by atoms with Gasteiger partial charge in [-0.25, -0.2) is 0 Å². The Hall–Kier alpha value is -0.650. The third-order valence-corrected chi connectivity index (χ3v) is 4.00. The van der Waals surface area contributed by atoms with E-state index in [-0.39, 0.29) is 11.4 Å². The summed E-state index contributed by atoms with van der Waals surface area (Å²) < 4.78 is 5.28. The fraction of sp³-hybridized carbons (Fsp3) is 0.933. The van der Waals surface area contributed by atoms with Gasteiger partial charge in [0.15, 0.2) is 0 Å². The summed E-state index contributed by atoms with van der Waals surface area (Å²) in [6.07, 6.45) is 2.08. The standard InChI is InChI=1S/C13H25N3O2.C2H6/c1-13(3-5-15(2)6-4-13)14-12(17)11-16-7-9-18-10-8-16;1-2/h3-11H2,1-2H3,(H,14,17);1-2H3. The van der Waals surface area contributed by atoms with Crippen LogP contribution in [0.2, 0.25) is 0 Å². The molecule has 2 rings (SSSR count). The van der Waals surface area contributed by atoms with E-state index in [0.29, 0.717) is 6.54 Å². The SMILES string of the molecule is CC.CN1CCC(C)(NC(=O)CN2CCOCC2)CC1. The lowest BCUT2D eigenvalue weighted by atomic mass is 9.90. The maximum atomic E-state index is 12.1. The van der Waals surface area contributed by atoms with E-state index in [9.17, 15) is 4.79 Å². The number of morpholine rings is 1. The number of carbonyl (C=O) groups is 1. The second kappa shape index (κ2) is 8.60.